The summed E-state index contributed by atoms with van der Waals surface area (Å²) < 4.78 is 10.9. The third kappa shape index (κ3) is 7.74. The fourth-order valence-electron chi connectivity index (χ4n) is 3.67. The number of piperidine rings is 1. The summed E-state index contributed by atoms with van der Waals surface area (Å²) in [7, 11) is 0. The van der Waals surface area contributed by atoms with Crippen molar-refractivity contribution < 1.29 is 19.1 Å². The van der Waals surface area contributed by atoms with Gasteiger partial charge in [0.15, 0.2) is 0 Å². The van der Waals surface area contributed by atoms with Crippen molar-refractivity contribution in [3.05, 3.63) is 35.3 Å². The number of ether oxygens (including phenoxy) is 2. The molecule has 0 radical (unpaired) electrons. The molecule has 180 valence electrons. The van der Waals surface area contributed by atoms with Gasteiger partial charge in [-0.3, -0.25) is 5.32 Å². The van der Waals surface area contributed by atoms with Gasteiger partial charge in [-0.2, -0.15) is 0 Å². The van der Waals surface area contributed by atoms with Crippen molar-refractivity contribution >= 4 is 29.2 Å². The highest BCUT2D eigenvalue weighted by molar-refractivity contribution is 7.13. The lowest BCUT2D eigenvalue weighted by molar-refractivity contribution is 0.0153. The number of likely N-dealkylation sites (tertiary alicyclic amines) is 1. The van der Waals surface area contributed by atoms with Gasteiger partial charge in [0.1, 0.15) is 10.6 Å². The number of hydrogen-bond donors (Lipinski definition) is 1. The predicted molar refractivity (Wildman–Crippen MR) is 132 cm³/mol. The van der Waals surface area contributed by atoms with E-state index < -0.39 is 11.7 Å². The van der Waals surface area contributed by atoms with Gasteiger partial charge >= 0.3 is 12.2 Å². The SMILES string of the molecule is CC(C)Cc1csc(-c2ccccc2NC(=O)OCC2CCN(C(=O)OC(C)(C)C)CC2)n1. The number of hydrogen-bond acceptors (Lipinski definition) is 6. The van der Waals surface area contributed by atoms with Gasteiger partial charge in [-0.05, 0) is 64.0 Å². The van der Waals surface area contributed by atoms with E-state index in [0.717, 1.165) is 35.5 Å². The summed E-state index contributed by atoms with van der Waals surface area (Å²) in [5.74, 6) is 0.765. The number of anilines is 1. The quantitative estimate of drug-likeness (QED) is 0.540. The van der Waals surface area contributed by atoms with E-state index in [1.54, 1.807) is 16.2 Å². The first kappa shape index (κ1) is 25.0. The monoisotopic (exact) mass is 473 g/mol. The normalized spacial score (nSPS) is 14.9. The summed E-state index contributed by atoms with van der Waals surface area (Å²) >= 11 is 1.58. The highest BCUT2D eigenvalue weighted by Crippen LogP contribution is 2.31. The third-order valence-electron chi connectivity index (χ3n) is 5.28. The first-order valence-corrected chi connectivity index (χ1v) is 12.4. The van der Waals surface area contributed by atoms with Gasteiger partial charge < -0.3 is 14.4 Å². The molecular weight excluding hydrogens is 438 g/mol. The van der Waals surface area contributed by atoms with Crippen molar-refractivity contribution in [2.75, 3.05) is 25.0 Å². The zero-order chi connectivity index (χ0) is 24.0. The van der Waals surface area contributed by atoms with Crippen LogP contribution in [-0.2, 0) is 15.9 Å². The van der Waals surface area contributed by atoms with Crippen LogP contribution in [0.1, 0.15) is 53.2 Å². The van der Waals surface area contributed by atoms with Crippen LogP contribution in [0.3, 0.4) is 0 Å². The molecule has 8 heteroatoms. The maximum absolute atomic E-state index is 12.5. The summed E-state index contributed by atoms with van der Waals surface area (Å²) in [5, 5.41) is 5.84. The topological polar surface area (TPSA) is 80.8 Å². The number of carbonyl (C=O) groups is 2. The molecule has 1 fully saturated rings. The van der Waals surface area contributed by atoms with Crippen LogP contribution in [0.25, 0.3) is 10.6 Å². The van der Waals surface area contributed by atoms with Crippen molar-refractivity contribution in [2.24, 2.45) is 11.8 Å². The summed E-state index contributed by atoms with van der Waals surface area (Å²) in [4.78, 5) is 31.1. The molecular formula is C25H35N3O4S. The lowest BCUT2D eigenvalue weighted by Gasteiger charge is -2.33. The van der Waals surface area contributed by atoms with Crippen molar-refractivity contribution in [1.82, 2.24) is 9.88 Å². The average Bonchev–Trinajstić information content (AvgIpc) is 3.19. The third-order valence-corrected chi connectivity index (χ3v) is 6.20. The van der Waals surface area contributed by atoms with E-state index in [2.05, 4.69) is 24.5 Å². The average molecular weight is 474 g/mol. The first-order chi connectivity index (χ1) is 15.6. The fraction of sp³-hybridized carbons (Fsp3) is 0.560. The Morgan fingerprint density at radius 3 is 2.58 bits per heavy atom. The molecule has 0 aliphatic carbocycles. The molecule has 33 heavy (non-hydrogen) atoms. The standard InChI is InChI=1S/C25H35N3O4S/c1-17(2)14-19-16-33-22(26-19)20-8-6-7-9-21(20)27-23(29)31-15-18-10-12-28(13-11-18)24(30)32-25(3,4)5/h6-9,16-18H,10-15H2,1-5H3,(H,27,29). The molecule has 1 aliphatic rings. The van der Waals surface area contributed by atoms with E-state index in [1.807, 2.05) is 45.0 Å². The predicted octanol–water partition coefficient (Wildman–Crippen LogP) is 6.20. The Labute approximate surface area is 200 Å². The molecule has 2 amide bonds. The van der Waals surface area contributed by atoms with Gasteiger partial charge in [-0.1, -0.05) is 26.0 Å². The van der Waals surface area contributed by atoms with E-state index in [0.29, 0.717) is 31.3 Å². The van der Waals surface area contributed by atoms with Crippen molar-refractivity contribution in [1.29, 1.82) is 0 Å². The molecule has 1 aromatic heterocycles. The Morgan fingerprint density at radius 1 is 1.21 bits per heavy atom. The van der Waals surface area contributed by atoms with Gasteiger partial charge in [0.2, 0.25) is 0 Å². The number of rotatable bonds is 6. The van der Waals surface area contributed by atoms with E-state index in [9.17, 15) is 9.59 Å². The van der Waals surface area contributed by atoms with Crippen LogP contribution in [0.4, 0.5) is 15.3 Å². The number of carbonyl (C=O) groups excluding carboxylic acids is 2. The second-order valence-corrected chi connectivity index (χ2v) is 10.8. The van der Waals surface area contributed by atoms with Crippen molar-refractivity contribution in [3.63, 3.8) is 0 Å². The molecule has 1 aliphatic heterocycles. The van der Waals surface area contributed by atoms with Crippen LogP contribution < -0.4 is 5.32 Å². The summed E-state index contributed by atoms with van der Waals surface area (Å²) in [6, 6.07) is 7.64. The molecule has 0 bridgehead atoms. The zero-order valence-electron chi connectivity index (χ0n) is 20.2. The van der Waals surface area contributed by atoms with Gasteiger partial charge in [0.05, 0.1) is 18.0 Å². The number of amides is 2. The largest absolute Gasteiger partial charge is 0.449 e. The lowest BCUT2D eigenvalue weighted by Crippen LogP contribution is -2.42. The van der Waals surface area contributed by atoms with Crippen LogP contribution in [0.5, 0.6) is 0 Å². The Hall–Kier alpha value is -2.61. The number of nitrogens with zero attached hydrogens (tertiary/aromatic N) is 2. The Kier molecular flexibility index (Phi) is 8.35. The second kappa shape index (κ2) is 11.0. The Bertz CT molecular complexity index is 943. The van der Waals surface area contributed by atoms with E-state index >= 15 is 0 Å². The van der Waals surface area contributed by atoms with Gasteiger partial charge in [-0.25, -0.2) is 14.6 Å². The summed E-state index contributed by atoms with van der Waals surface area (Å²) in [6.07, 6.45) is 1.73. The van der Waals surface area contributed by atoms with Gasteiger partial charge in [0.25, 0.3) is 0 Å². The van der Waals surface area contributed by atoms with Crippen LogP contribution in [-0.4, -0.2) is 47.4 Å². The van der Waals surface area contributed by atoms with Crippen molar-refractivity contribution in [3.8, 4) is 10.6 Å². The van der Waals surface area contributed by atoms with Crippen LogP contribution in [0.2, 0.25) is 0 Å². The zero-order valence-corrected chi connectivity index (χ0v) is 21.0. The van der Waals surface area contributed by atoms with Crippen molar-refractivity contribution in [2.45, 2.75) is 59.5 Å². The number of aromatic nitrogens is 1. The minimum atomic E-state index is -0.500. The number of benzene rings is 1. The van der Waals surface area contributed by atoms with Crippen LogP contribution >= 0.6 is 11.3 Å². The van der Waals surface area contributed by atoms with Gasteiger partial charge in [-0.15, -0.1) is 11.3 Å². The van der Waals surface area contributed by atoms with Crippen LogP contribution in [0.15, 0.2) is 29.6 Å². The second-order valence-electron chi connectivity index (χ2n) is 9.92. The Balaban J connectivity index is 1.49. The summed E-state index contributed by atoms with van der Waals surface area (Å²) in [6.45, 7) is 11.5. The number of nitrogens with one attached hydrogen (secondary N) is 1. The minimum Gasteiger partial charge on any atom is -0.449 e. The molecule has 0 spiro atoms. The molecule has 2 heterocycles. The molecule has 0 atom stereocenters. The molecule has 7 nitrogen and oxygen atoms in total. The van der Waals surface area contributed by atoms with Gasteiger partial charge in [0, 0.05) is 24.0 Å². The molecule has 1 N–H and O–H groups in total. The minimum absolute atomic E-state index is 0.224. The first-order valence-electron chi connectivity index (χ1n) is 11.6. The lowest BCUT2D eigenvalue weighted by atomic mass is 9.98. The smallest absolute Gasteiger partial charge is 0.411 e. The maximum Gasteiger partial charge on any atom is 0.411 e. The highest BCUT2D eigenvalue weighted by Gasteiger charge is 2.27. The summed E-state index contributed by atoms with van der Waals surface area (Å²) in [5.41, 5.74) is 2.15. The molecule has 0 saturated carbocycles. The Morgan fingerprint density at radius 2 is 1.91 bits per heavy atom. The molecule has 0 unspecified atom stereocenters. The molecule has 3 rings (SSSR count). The number of para-hydroxylation sites is 1. The molecule has 1 aromatic carbocycles. The fourth-order valence-corrected chi connectivity index (χ4v) is 4.54. The van der Waals surface area contributed by atoms with E-state index in [4.69, 9.17) is 14.5 Å². The molecule has 2 aromatic rings. The maximum atomic E-state index is 12.5. The van der Waals surface area contributed by atoms with E-state index in [1.165, 1.54) is 0 Å². The number of thiazole rings is 1. The van der Waals surface area contributed by atoms with Crippen LogP contribution in [0, 0.1) is 11.8 Å². The van der Waals surface area contributed by atoms with E-state index in [-0.39, 0.29) is 12.0 Å². The highest BCUT2D eigenvalue weighted by atomic mass is 32.1. The molecule has 1 saturated heterocycles.